The lowest BCUT2D eigenvalue weighted by atomic mass is 10.00. The predicted molar refractivity (Wildman–Crippen MR) is 113 cm³/mol. The second-order valence-electron chi connectivity index (χ2n) is 6.92. The molecule has 0 fully saturated rings. The molecule has 28 heavy (non-hydrogen) atoms. The van der Waals surface area contributed by atoms with E-state index in [1.807, 2.05) is 54.6 Å². The summed E-state index contributed by atoms with van der Waals surface area (Å²) in [6, 6.07) is 26.2. The van der Waals surface area contributed by atoms with Gasteiger partial charge in [0.05, 0.1) is 0 Å². The molecule has 0 saturated carbocycles. The highest BCUT2D eigenvalue weighted by atomic mass is 16.6. The second kappa shape index (κ2) is 6.46. The largest absolute Gasteiger partial charge is 0.402 e. The van der Waals surface area contributed by atoms with E-state index in [-0.39, 0.29) is 0 Å². The van der Waals surface area contributed by atoms with Gasteiger partial charge in [0.25, 0.3) is 0 Å². The predicted octanol–water partition coefficient (Wildman–Crippen LogP) is 5.65. The van der Waals surface area contributed by atoms with Gasteiger partial charge in [0, 0.05) is 5.56 Å². The zero-order valence-corrected chi connectivity index (χ0v) is 15.3. The molecule has 0 amide bonds. The number of ether oxygens (including phenoxy) is 1. The molecule has 4 aromatic carbocycles. The van der Waals surface area contributed by atoms with Gasteiger partial charge >= 0.3 is 5.97 Å². The minimum atomic E-state index is -0.423. The fourth-order valence-corrected chi connectivity index (χ4v) is 3.60. The zero-order valence-electron chi connectivity index (χ0n) is 15.3. The van der Waals surface area contributed by atoms with E-state index in [1.54, 1.807) is 6.08 Å². The average Bonchev–Trinajstić information content (AvgIpc) is 3.10. The van der Waals surface area contributed by atoms with Gasteiger partial charge in [-0.1, -0.05) is 66.7 Å². The normalized spacial score (nSPS) is 15.2. The van der Waals surface area contributed by atoms with E-state index in [4.69, 9.17) is 4.74 Å². The van der Waals surface area contributed by atoms with E-state index in [0.29, 0.717) is 11.6 Å². The van der Waals surface area contributed by atoms with Crippen LogP contribution in [-0.2, 0) is 9.53 Å². The summed E-state index contributed by atoms with van der Waals surface area (Å²) in [5.74, 6) is -0.0776. The first-order chi connectivity index (χ1) is 13.7. The van der Waals surface area contributed by atoms with Crippen LogP contribution in [0, 0.1) is 6.92 Å². The van der Waals surface area contributed by atoms with Crippen molar-refractivity contribution in [2.45, 2.75) is 6.92 Å². The molecular formula is C25H17NO2. The quantitative estimate of drug-likeness (QED) is 0.341. The highest BCUT2D eigenvalue weighted by Crippen LogP contribution is 2.27. The fourth-order valence-electron chi connectivity index (χ4n) is 3.60. The number of hydrogen-bond acceptors (Lipinski definition) is 3. The molecule has 134 valence electrons. The summed E-state index contributed by atoms with van der Waals surface area (Å²) in [4.78, 5) is 16.9. The van der Waals surface area contributed by atoms with Crippen LogP contribution in [0.3, 0.4) is 0 Å². The van der Waals surface area contributed by atoms with Gasteiger partial charge in [0.15, 0.2) is 5.70 Å². The molecule has 0 N–H and O–H groups in total. The summed E-state index contributed by atoms with van der Waals surface area (Å²) in [7, 11) is 0. The molecule has 0 atom stereocenters. The van der Waals surface area contributed by atoms with Gasteiger partial charge in [-0.2, -0.15) is 0 Å². The summed E-state index contributed by atoms with van der Waals surface area (Å²) in [6.45, 7) is 2.08. The van der Waals surface area contributed by atoms with Gasteiger partial charge in [0.1, 0.15) is 0 Å². The third-order valence-corrected chi connectivity index (χ3v) is 5.08. The van der Waals surface area contributed by atoms with Crippen LogP contribution in [0.4, 0.5) is 0 Å². The molecule has 3 heteroatoms. The van der Waals surface area contributed by atoms with Gasteiger partial charge in [-0.05, 0) is 57.8 Å². The maximum Gasteiger partial charge on any atom is 0.363 e. The maximum atomic E-state index is 12.4. The molecule has 0 unspecified atom stereocenters. The van der Waals surface area contributed by atoms with Crippen molar-refractivity contribution in [3.63, 3.8) is 0 Å². The fraction of sp³-hybridized carbons (Fsp3) is 0.0400. The number of fused-ring (bicyclic) bond motifs is 2. The number of cyclic esters (lactones) is 1. The van der Waals surface area contributed by atoms with Gasteiger partial charge in [0.2, 0.25) is 5.90 Å². The number of carbonyl (C=O) groups is 1. The maximum absolute atomic E-state index is 12.4. The molecule has 0 radical (unpaired) electrons. The van der Waals surface area contributed by atoms with Gasteiger partial charge in [-0.15, -0.1) is 0 Å². The van der Waals surface area contributed by atoms with Gasteiger partial charge < -0.3 is 4.74 Å². The molecule has 0 saturated heterocycles. The molecule has 4 aromatic rings. The first kappa shape index (κ1) is 16.5. The Morgan fingerprint density at radius 2 is 1.57 bits per heavy atom. The Morgan fingerprint density at radius 3 is 2.43 bits per heavy atom. The molecule has 0 spiro atoms. The van der Waals surface area contributed by atoms with Crippen LogP contribution in [0.25, 0.3) is 27.6 Å². The smallest absolute Gasteiger partial charge is 0.363 e. The monoisotopic (exact) mass is 363 g/mol. The van der Waals surface area contributed by atoms with Crippen LogP contribution >= 0.6 is 0 Å². The zero-order chi connectivity index (χ0) is 19.1. The first-order valence-electron chi connectivity index (χ1n) is 9.19. The van der Waals surface area contributed by atoms with Crippen LogP contribution < -0.4 is 0 Å². The topological polar surface area (TPSA) is 38.7 Å². The molecule has 0 bridgehead atoms. The van der Waals surface area contributed by atoms with Crippen molar-refractivity contribution in [2.24, 2.45) is 4.99 Å². The lowest BCUT2D eigenvalue weighted by Gasteiger charge is -2.05. The SMILES string of the molecule is Cc1ccc(C=C2N=C(c3ccc4ccccc4c3)OC2=O)c2ccccc12. The van der Waals surface area contributed by atoms with Crippen LogP contribution in [0.1, 0.15) is 16.7 Å². The molecule has 3 nitrogen and oxygen atoms in total. The minimum absolute atomic E-state index is 0.317. The molecular weight excluding hydrogens is 346 g/mol. The van der Waals surface area contributed by atoms with Crippen molar-refractivity contribution in [1.82, 2.24) is 0 Å². The van der Waals surface area contributed by atoms with Crippen molar-refractivity contribution in [1.29, 1.82) is 0 Å². The standard InChI is InChI=1S/C25H17NO2/c1-16-10-11-19(22-9-5-4-8-21(16)22)15-23-25(27)28-24(26-23)20-13-12-17-6-2-3-7-18(17)14-20/h2-15H,1H3. The Balaban J connectivity index is 1.58. The number of nitrogens with zero attached hydrogens (tertiary/aromatic N) is 1. The Morgan fingerprint density at radius 1 is 0.821 bits per heavy atom. The van der Waals surface area contributed by atoms with E-state index in [0.717, 1.165) is 27.3 Å². The molecule has 0 aliphatic carbocycles. The van der Waals surface area contributed by atoms with E-state index in [2.05, 4.69) is 36.2 Å². The molecule has 1 aliphatic rings. The lowest BCUT2D eigenvalue weighted by molar-refractivity contribution is -0.129. The average molecular weight is 363 g/mol. The molecule has 5 rings (SSSR count). The number of aryl methyl sites for hydroxylation is 1. The summed E-state index contributed by atoms with van der Waals surface area (Å²) < 4.78 is 5.46. The van der Waals surface area contributed by atoms with Gasteiger partial charge in [-0.3, -0.25) is 0 Å². The van der Waals surface area contributed by atoms with Crippen molar-refractivity contribution in [2.75, 3.05) is 0 Å². The summed E-state index contributed by atoms with van der Waals surface area (Å²) >= 11 is 0. The van der Waals surface area contributed by atoms with E-state index in [1.165, 1.54) is 10.9 Å². The van der Waals surface area contributed by atoms with E-state index in [9.17, 15) is 4.79 Å². The third-order valence-electron chi connectivity index (χ3n) is 5.08. The van der Waals surface area contributed by atoms with Crippen LogP contribution in [0.5, 0.6) is 0 Å². The van der Waals surface area contributed by atoms with Crippen molar-refractivity contribution < 1.29 is 9.53 Å². The summed E-state index contributed by atoms with van der Waals surface area (Å²) in [6.07, 6.45) is 1.80. The third kappa shape index (κ3) is 2.78. The van der Waals surface area contributed by atoms with Crippen molar-refractivity contribution in [3.8, 4) is 0 Å². The Labute approximate surface area is 162 Å². The molecule has 1 heterocycles. The Bertz CT molecular complexity index is 1310. The van der Waals surface area contributed by atoms with Crippen molar-refractivity contribution >= 4 is 39.5 Å². The summed E-state index contributed by atoms with van der Waals surface area (Å²) in [5.41, 5.74) is 3.27. The Kier molecular flexibility index (Phi) is 3.80. The van der Waals surface area contributed by atoms with Crippen LogP contribution in [0.2, 0.25) is 0 Å². The summed E-state index contributed by atoms with van der Waals surface area (Å²) in [5, 5.41) is 4.48. The lowest BCUT2D eigenvalue weighted by Crippen LogP contribution is -2.05. The highest BCUT2D eigenvalue weighted by molar-refractivity contribution is 6.14. The van der Waals surface area contributed by atoms with E-state index >= 15 is 0 Å². The van der Waals surface area contributed by atoms with Crippen LogP contribution in [-0.4, -0.2) is 11.9 Å². The highest BCUT2D eigenvalue weighted by Gasteiger charge is 2.24. The number of rotatable bonds is 2. The first-order valence-corrected chi connectivity index (χ1v) is 9.19. The Hall–Kier alpha value is -3.72. The number of hydrogen-bond donors (Lipinski definition) is 0. The van der Waals surface area contributed by atoms with Gasteiger partial charge in [-0.25, -0.2) is 9.79 Å². The van der Waals surface area contributed by atoms with E-state index < -0.39 is 5.97 Å². The second-order valence-corrected chi connectivity index (χ2v) is 6.92. The number of carbonyl (C=O) groups excluding carboxylic acids is 1. The number of aliphatic imine (C=N–C) groups is 1. The minimum Gasteiger partial charge on any atom is -0.402 e. The molecule has 1 aliphatic heterocycles. The molecule has 0 aromatic heterocycles. The van der Waals surface area contributed by atoms with Crippen molar-refractivity contribution in [3.05, 3.63) is 101 Å². The number of esters is 1. The number of benzene rings is 4. The van der Waals surface area contributed by atoms with Crippen LogP contribution in [0.15, 0.2) is 89.6 Å².